The van der Waals surface area contributed by atoms with Crippen LogP contribution in [0.2, 0.25) is 0 Å². The number of nitrogens with zero attached hydrogens (tertiary/aromatic N) is 3. The van der Waals surface area contributed by atoms with Gasteiger partial charge in [-0.05, 0) is 27.2 Å². The van der Waals surface area contributed by atoms with Crippen LogP contribution in [-0.2, 0) is 6.54 Å². The minimum Gasteiger partial charge on any atom is -0.465 e. The van der Waals surface area contributed by atoms with Crippen LogP contribution in [0.15, 0.2) is 10.9 Å². The average Bonchev–Trinajstić information content (AvgIpc) is 2.83. The van der Waals surface area contributed by atoms with Gasteiger partial charge in [-0.3, -0.25) is 9.80 Å². The molecule has 1 fully saturated rings. The first-order valence-corrected chi connectivity index (χ1v) is 8.03. The van der Waals surface area contributed by atoms with Crippen LogP contribution in [0, 0.1) is 0 Å². The molecule has 0 bridgehead atoms. The third kappa shape index (κ3) is 3.93. The third-order valence-electron chi connectivity index (χ3n) is 3.76. The van der Waals surface area contributed by atoms with E-state index in [1.807, 2.05) is 26.2 Å². The zero-order valence-electron chi connectivity index (χ0n) is 12.7. The number of β-amino-alcohol motifs (C(OH)–C–C–N with tert-alkyl or cyclic N) is 1. The SMILES string of the molecule is CC(C)(C)N(C(=O)O)[C@H]1CCN(Cc2cscn2)C[C@@H]1O. The van der Waals surface area contributed by atoms with Crippen LogP contribution >= 0.6 is 11.3 Å². The van der Waals surface area contributed by atoms with Crippen molar-refractivity contribution in [2.24, 2.45) is 0 Å². The van der Waals surface area contributed by atoms with E-state index in [9.17, 15) is 15.0 Å². The number of aromatic nitrogens is 1. The summed E-state index contributed by atoms with van der Waals surface area (Å²) in [5.74, 6) is 0. The van der Waals surface area contributed by atoms with E-state index in [1.165, 1.54) is 4.90 Å². The van der Waals surface area contributed by atoms with Gasteiger partial charge in [-0.15, -0.1) is 11.3 Å². The number of carboxylic acid groups (broad SMARTS) is 1. The van der Waals surface area contributed by atoms with Crippen molar-refractivity contribution in [2.75, 3.05) is 13.1 Å². The molecule has 0 unspecified atom stereocenters. The molecule has 1 amide bonds. The van der Waals surface area contributed by atoms with Crippen molar-refractivity contribution in [1.29, 1.82) is 0 Å². The Bertz CT molecular complexity index is 472. The Hall–Kier alpha value is -1.18. The zero-order chi connectivity index (χ0) is 15.6. The first-order chi connectivity index (χ1) is 9.79. The van der Waals surface area contributed by atoms with Crippen LogP contribution in [0.4, 0.5) is 4.79 Å². The molecule has 21 heavy (non-hydrogen) atoms. The van der Waals surface area contributed by atoms with Crippen LogP contribution in [-0.4, -0.2) is 61.9 Å². The first-order valence-electron chi connectivity index (χ1n) is 7.09. The summed E-state index contributed by atoms with van der Waals surface area (Å²) >= 11 is 1.56. The van der Waals surface area contributed by atoms with E-state index in [0.717, 1.165) is 12.2 Å². The van der Waals surface area contributed by atoms with Gasteiger partial charge in [0.15, 0.2) is 0 Å². The number of aliphatic hydroxyl groups excluding tert-OH is 1. The quantitative estimate of drug-likeness (QED) is 0.890. The molecule has 0 saturated carbocycles. The van der Waals surface area contributed by atoms with Crippen LogP contribution in [0.5, 0.6) is 0 Å². The van der Waals surface area contributed by atoms with E-state index in [0.29, 0.717) is 19.5 Å². The fourth-order valence-corrected chi connectivity index (χ4v) is 3.45. The zero-order valence-corrected chi connectivity index (χ0v) is 13.5. The number of rotatable bonds is 3. The van der Waals surface area contributed by atoms with E-state index in [1.54, 1.807) is 16.8 Å². The van der Waals surface area contributed by atoms with E-state index in [-0.39, 0.29) is 6.04 Å². The third-order valence-corrected chi connectivity index (χ3v) is 4.40. The Morgan fingerprint density at radius 1 is 1.57 bits per heavy atom. The Labute approximate surface area is 129 Å². The molecule has 0 aromatic carbocycles. The summed E-state index contributed by atoms with van der Waals surface area (Å²) in [6.45, 7) is 7.51. The summed E-state index contributed by atoms with van der Waals surface area (Å²) in [5, 5.41) is 21.8. The minimum absolute atomic E-state index is 0.353. The lowest BCUT2D eigenvalue weighted by Gasteiger charge is -2.45. The minimum atomic E-state index is -0.973. The highest BCUT2D eigenvalue weighted by atomic mass is 32.1. The van der Waals surface area contributed by atoms with E-state index in [2.05, 4.69) is 9.88 Å². The van der Waals surface area contributed by atoms with Gasteiger partial charge in [0, 0.05) is 30.6 Å². The van der Waals surface area contributed by atoms with Gasteiger partial charge in [-0.1, -0.05) is 0 Å². The molecular formula is C14H23N3O3S. The monoisotopic (exact) mass is 313 g/mol. The molecule has 1 aliphatic rings. The van der Waals surface area contributed by atoms with E-state index in [4.69, 9.17) is 0 Å². The topological polar surface area (TPSA) is 76.9 Å². The summed E-state index contributed by atoms with van der Waals surface area (Å²) in [7, 11) is 0. The molecule has 2 heterocycles. The number of carbonyl (C=O) groups is 1. The lowest BCUT2D eigenvalue weighted by molar-refractivity contribution is -0.0369. The second kappa shape index (κ2) is 6.29. The second-order valence-electron chi connectivity index (χ2n) is 6.46. The molecule has 1 aromatic rings. The van der Waals surface area contributed by atoms with Crippen LogP contribution in [0.25, 0.3) is 0 Å². The molecule has 0 spiro atoms. The lowest BCUT2D eigenvalue weighted by atomic mass is 9.95. The summed E-state index contributed by atoms with van der Waals surface area (Å²) < 4.78 is 0. The van der Waals surface area contributed by atoms with Gasteiger partial charge in [0.25, 0.3) is 0 Å². The predicted octanol–water partition coefficient (Wildman–Crippen LogP) is 1.86. The first kappa shape index (κ1) is 16.2. The van der Waals surface area contributed by atoms with Gasteiger partial charge in [-0.2, -0.15) is 0 Å². The Morgan fingerprint density at radius 2 is 2.29 bits per heavy atom. The maximum Gasteiger partial charge on any atom is 0.408 e. The van der Waals surface area contributed by atoms with Crippen molar-refractivity contribution >= 4 is 17.4 Å². The normalized spacial score (nSPS) is 24.0. The Morgan fingerprint density at radius 3 is 2.76 bits per heavy atom. The van der Waals surface area contributed by atoms with Gasteiger partial charge in [0.05, 0.1) is 23.4 Å². The standard InChI is InChI=1S/C14H23N3O3S/c1-14(2,3)17(13(19)20)11-4-5-16(7-12(11)18)6-10-8-21-9-15-10/h8-9,11-12,18H,4-7H2,1-3H3,(H,19,20)/t11-,12-/m0/s1. The van der Waals surface area contributed by atoms with Crippen molar-refractivity contribution < 1.29 is 15.0 Å². The number of thiazole rings is 1. The molecule has 2 rings (SSSR count). The Balaban J connectivity index is 2.01. The molecule has 1 saturated heterocycles. The van der Waals surface area contributed by atoms with E-state index < -0.39 is 17.7 Å². The number of hydrogen-bond donors (Lipinski definition) is 2. The highest BCUT2D eigenvalue weighted by Gasteiger charge is 2.39. The summed E-state index contributed by atoms with van der Waals surface area (Å²) in [4.78, 5) is 19.3. The van der Waals surface area contributed by atoms with Gasteiger partial charge in [0.2, 0.25) is 0 Å². The molecule has 1 aromatic heterocycles. The predicted molar refractivity (Wildman–Crippen MR) is 81.4 cm³/mol. The van der Waals surface area contributed by atoms with E-state index >= 15 is 0 Å². The average molecular weight is 313 g/mol. The van der Waals surface area contributed by atoms with Gasteiger partial charge in [-0.25, -0.2) is 9.78 Å². The lowest BCUT2D eigenvalue weighted by Crippen LogP contribution is -2.60. The molecule has 6 nitrogen and oxygen atoms in total. The van der Waals surface area contributed by atoms with Crippen molar-refractivity contribution in [3.05, 3.63) is 16.6 Å². The van der Waals surface area contributed by atoms with Crippen molar-refractivity contribution in [3.8, 4) is 0 Å². The maximum atomic E-state index is 11.5. The summed E-state index contributed by atoms with van der Waals surface area (Å²) in [6, 6.07) is -0.353. The molecule has 0 radical (unpaired) electrons. The smallest absolute Gasteiger partial charge is 0.408 e. The number of piperidine rings is 1. The molecule has 2 N–H and O–H groups in total. The number of likely N-dealkylation sites (tertiary alicyclic amines) is 1. The highest BCUT2D eigenvalue weighted by molar-refractivity contribution is 7.07. The molecular weight excluding hydrogens is 290 g/mol. The van der Waals surface area contributed by atoms with Crippen LogP contribution < -0.4 is 0 Å². The maximum absolute atomic E-state index is 11.5. The van der Waals surface area contributed by atoms with Crippen molar-refractivity contribution in [1.82, 2.24) is 14.8 Å². The summed E-state index contributed by atoms with van der Waals surface area (Å²) in [5.41, 5.74) is 2.27. The number of aliphatic hydroxyl groups is 1. The van der Waals surface area contributed by atoms with Crippen molar-refractivity contribution in [2.45, 2.75) is 51.4 Å². The van der Waals surface area contributed by atoms with Crippen LogP contribution in [0.1, 0.15) is 32.9 Å². The summed E-state index contributed by atoms with van der Waals surface area (Å²) in [6.07, 6.45) is -1.01. The number of amides is 1. The van der Waals surface area contributed by atoms with Gasteiger partial charge >= 0.3 is 6.09 Å². The molecule has 2 atom stereocenters. The van der Waals surface area contributed by atoms with Gasteiger partial charge in [0.1, 0.15) is 0 Å². The van der Waals surface area contributed by atoms with Crippen LogP contribution in [0.3, 0.4) is 0 Å². The van der Waals surface area contributed by atoms with Crippen molar-refractivity contribution in [3.63, 3.8) is 0 Å². The Kier molecular flexibility index (Phi) is 4.85. The molecule has 7 heteroatoms. The molecule has 1 aliphatic heterocycles. The molecule has 118 valence electrons. The largest absolute Gasteiger partial charge is 0.465 e. The molecule has 0 aliphatic carbocycles. The fraction of sp³-hybridized carbons (Fsp3) is 0.714. The number of hydrogen-bond acceptors (Lipinski definition) is 5. The second-order valence-corrected chi connectivity index (χ2v) is 7.18. The van der Waals surface area contributed by atoms with Gasteiger partial charge < -0.3 is 10.2 Å². The fourth-order valence-electron chi connectivity index (χ4n) is 2.90. The highest BCUT2D eigenvalue weighted by Crippen LogP contribution is 2.25.